The number of carbonyl (C=O) groups is 2. The fourth-order valence-corrected chi connectivity index (χ4v) is 4.31. The summed E-state index contributed by atoms with van der Waals surface area (Å²) >= 11 is 4.85. The Bertz CT molecular complexity index is 804. The van der Waals surface area contributed by atoms with Crippen LogP contribution in [0.25, 0.3) is 0 Å². The molecule has 2 aromatic rings. The zero-order chi connectivity index (χ0) is 19.3. The smallest absolute Gasteiger partial charge is 0.308 e. The number of thioether (sulfide) groups is 1. The van der Waals surface area contributed by atoms with Crippen molar-refractivity contribution in [3.05, 3.63) is 58.6 Å². The second-order valence-electron chi connectivity index (χ2n) is 6.16. The predicted octanol–water partition coefficient (Wildman–Crippen LogP) is 3.97. The average Bonchev–Trinajstić information content (AvgIpc) is 2.99. The first-order chi connectivity index (χ1) is 13.0. The van der Waals surface area contributed by atoms with Crippen molar-refractivity contribution in [1.29, 1.82) is 0 Å². The van der Waals surface area contributed by atoms with Crippen molar-refractivity contribution in [1.82, 2.24) is 5.32 Å². The molecular weight excluding hydrogens is 430 g/mol. The van der Waals surface area contributed by atoms with Gasteiger partial charge in [0.05, 0.1) is 17.8 Å². The lowest BCUT2D eigenvalue weighted by molar-refractivity contribution is -0.137. The molecule has 0 saturated heterocycles. The number of nitrogens with one attached hydrogen (secondary N) is 3. The second kappa shape index (κ2) is 8.67. The number of halogens is 1. The Balaban J connectivity index is 1.48. The van der Waals surface area contributed by atoms with Crippen molar-refractivity contribution < 1.29 is 14.7 Å². The van der Waals surface area contributed by atoms with Crippen LogP contribution in [0, 0.1) is 0 Å². The lowest BCUT2D eigenvalue weighted by Gasteiger charge is -2.28. The molecule has 27 heavy (non-hydrogen) atoms. The molecule has 0 radical (unpaired) electrons. The van der Waals surface area contributed by atoms with Gasteiger partial charge >= 0.3 is 5.97 Å². The average molecular weight is 450 g/mol. The number of rotatable bonds is 8. The topological polar surface area (TPSA) is 90.5 Å². The summed E-state index contributed by atoms with van der Waals surface area (Å²) < 4.78 is 0.928. The SMILES string of the molecule is O=C(O)CC1(SCCCNC(=O)c2ccc(Br)cc2)Nc2ccccc2N1. The Morgan fingerprint density at radius 3 is 2.30 bits per heavy atom. The van der Waals surface area contributed by atoms with Crippen LogP contribution in [0.5, 0.6) is 0 Å². The first-order valence-corrected chi connectivity index (χ1v) is 10.3. The minimum atomic E-state index is -0.876. The number of amides is 1. The maximum atomic E-state index is 12.1. The fourth-order valence-electron chi connectivity index (χ4n) is 2.82. The summed E-state index contributed by atoms with van der Waals surface area (Å²) in [5.41, 5.74) is 2.41. The molecule has 3 rings (SSSR count). The van der Waals surface area contributed by atoms with E-state index in [-0.39, 0.29) is 12.3 Å². The number of aliphatic carboxylic acids is 1. The molecular formula is C19H20BrN3O3S. The van der Waals surface area contributed by atoms with Gasteiger partial charge in [-0.1, -0.05) is 28.1 Å². The third kappa shape index (κ3) is 5.17. The Morgan fingerprint density at radius 2 is 1.70 bits per heavy atom. The lowest BCUT2D eigenvalue weighted by Crippen LogP contribution is -2.41. The summed E-state index contributed by atoms with van der Waals surface area (Å²) in [7, 11) is 0. The van der Waals surface area contributed by atoms with Gasteiger partial charge in [-0.15, -0.1) is 11.8 Å². The van der Waals surface area contributed by atoms with E-state index >= 15 is 0 Å². The van der Waals surface area contributed by atoms with E-state index in [2.05, 4.69) is 31.9 Å². The van der Waals surface area contributed by atoms with Crippen molar-refractivity contribution in [2.75, 3.05) is 22.9 Å². The van der Waals surface area contributed by atoms with Crippen molar-refractivity contribution in [2.45, 2.75) is 17.8 Å². The third-order valence-electron chi connectivity index (χ3n) is 4.06. The summed E-state index contributed by atoms with van der Waals surface area (Å²) in [6.07, 6.45) is 0.672. The summed E-state index contributed by atoms with van der Waals surface area (Å²) in [5, 5.41) is 18.8. The largest absolute Gasteiger partial charge is 0.481 e. The molecule has 1 aliphatic heterocycles. The zero-order valence-corrected chi connectivity index (χ0v) is 16.9. The molecule has 1 heterocycles. The Kier molecular flexibility index (Phi) is 6.28. The van der Waals surface area contributed by atoms with Crippen molar-refractivity contribution in [2.24, 2.45) is 0 Å². The maximum absolute atomic E-state index is 12.1. The van der Waals surface area contributed by atoms with Crippen LogP contribution in [0.4, 0.5) is 11.4 Å². The van der Waals surface area contributed by atoms with Crippen LogP contribution in [0.2, 0.25) is 0 Å². The van der Waals surface area contributed by atoms with Gasteiger partial charge in [-0.3, -0.25) is 9.59 Å². The number of hydrogen-bond donors (Lipinski definition) is 4. The minimum absolute atomic E-state index is 0.0579. The first-order valence-electron chi connectivity index (χ1n) is 8.52. The first kappa shape index (κ1) is 19.6. The number of carbonyl (C=O) groups excluding carboxylic acids is 1. The van der Waals surface area contributed by atoms with Gasteiger partial charge in [-0.25, -0.2) is 0 Å². The molecule has 6 nitrogen and oxygen atoms in total. The monoisotopic (exact) mass is 449 g/mol. The Hall–Kier alpha value is -2.19. The van der Waals surface area contributed by atoms with E-state index < -0.39 is 11.0 Å². The molecule has 0 saturated carbocycles. The highest BCUT2D eigenvalue weighted by Gasteiger charge is 2.38. The Morgan fingerprint density at radius 1 is 1.07 bits per heavy atom. The van der Waals surface area contributed by atoms with Crippen LogP contribution in [-0.2, 0) is 4.79 Å². The van der Waals surface area contributed by atoms with E-state index in [1.807, 2.05) is 36.4 Å². The molecule has 0 fully saturated rings. The zero-order valence-electron chi connectivity index (χ0n) is 14.5. The number of carboxylic acids is 1. The van der Waals surface area contributed by atoms with Crippen molar-refractivity contribution in [3.8, 4) is 0 Å². The van der Waals surface area contributed by atoms with Gasteiger partial charge in [0.1, 0.15) is 0 Å². The fraction of sp³-hybridized carbons (Fsp3) is 0.263. The van der Waals surface area contributed by atoms with Crippen molar-refractivity contribution in [3.63, 3.8) is 0 Å². The van der Waals surface area contributed by atoms with E-state index in [1.54, 1.807) is 12.1 Å². The van der Waals surface area contributed by atoms with Crippen LogP contribution in [0.3, 0.4) is 0 Å². The number of fused-ring (bicyclic) bond motifs is 1. The second-order valence-corrected chi connectivity index (χ2v) is 8.47. The molecule has 0 spiro atoms. The third-order valence-corrected chi connectivity index (χ3v) is 5.92. The van der Waals surface area contributed by atoms with E-state index in [4.69, 9.17) is 0 Å². The predicted molar refractivity (Wildman–Crippen MR) is 112 cm³/mol. The summed E-state index contributed by atoms with van der Waals surface area (Å²) in [6.45, 7) is 0.526. The molecule has 2 aromatic carbocycles. The van der Waals surface area contributed by atoms with Crippen LogP contribution >= 0.6 is 27.7 Å². The van der Waals surface area contributed by atoms with Crippen LogP contribution in [0.15, 0.2) is 53.0 Å². The normalized spacial score (nSPS) is 14.0. The molecule has 8 heteroatoms. The summed E-state index contributed by atoms with van der Waals surface area (Å²) in [6, 6.07) is 14.8. The highest BCUT2D eigenvalue weighted by Crippen LogP contribution is 2.41. The van der Waals surface area contributed by atoms with Crippen LogP contribution in [0.1, 0.15) is 23.2 Å². The Labute approximate surface area is 170 Å². The molecule has 0 aliphatic carbocycles. The highest BCUT2D eigenvalue weighted by atomic mass is 79.9. The number of para-hydroxylation sites is 2. The van der Waals surface area contributed by atoms with Gasteiger partial charge in [-0.2, -0.15) is 0 Å². The number of anilines is 2. The van der Waals surface area contributed by atoms with Crippen molar-refractivity contribution >= 4 is 50.9 Å². The number of hydrogen-bond acceptors (Lipinski definition) is 5. The quantitative estimate of drug-likeness (QED) is 0.455. The van der Waals surface area contributed by atoms with E-state index in [0.29, 0.717) is 17.9 Å². The van der Waals surface area contributed by atoms with Gasteiger partial charge in [0, 0.05) is 16.6 Å². The lowest BCUT2D eigenvalue weighted by atomic mass is 10.2. The van der Waals surface area contributed by atoms with Gasteiger partial charge < -0.3 is 21.1 Å². The van der Waals surface area contributed by atoms with Gasteiger partial charge in [0.15, 0.2) is 4.99 Å². The molecule has 142 valence electrons. The maximum Gasteiger partial charge on any atom is 0.308 e. The minimum Gasteiger partial charge on any atom is -0.481 e. The van der Waals surface area contributed by atoms with E-state index in [9.17, 15) is 14.7 Å². The number of benzene rings is 2. The number of carboxylic acid groups (broad SMARTS) is 1. The van der Waals surface area contributed by atoms with Gasteiger partial charge in [0.25, 0.3) is 5.91 Å². The standard InChI is InChI=1S/C19H20BrN3O3S/c20-14-8-6-13(7-9-14)18(26)21-10-3-11-27-19(12-17(24)25)22-15-4-1-2-5-16(15)23-19/h1-2,4-9,22-23H,3,10-12H2,(H,21,26)(H,24,25). The van der Waals surface area contributed by atoms with Crippen LogP contribution in [-0.4, -0.2) is 34.3 Å². The molecule has 0 unspecified atom stereocenters. The molecule has 1 aliphatic rings. The molecule has 0 aromatic heterocycles. The molecule has 1 amide bonds. The van der Waals surface area contributed by atoms with Crippen LogP contribution < -0.4 is 16.0 Å². The molecule has 0 bridgehead atoms. The summed E-state index contributed by atoms with van der Waals surface area (Å²) in [5.74, 6) is -0.293. The summed E-state index contributed by atoms with van der Waals surface area (Å²) in [4.78, 5) is 22.6. The molecule has 4 N–H and O–H groups in total. The highest BCUT2D eigenvalue weighted by molar-refractivity contribution is 9.10. The van der Waals surface area contributed by atoms with Gasteiger partial charge in [-0.05, 0) is 48.6 Å². The van der Waals surface area contributed by atoms with Gasteiger partial charge in [0.2, 0.25) is 0 Å². The van der Waals surface area contributed by atoms with E-state index in [0.717, 1.165) is 22.3 Å². The van der Waals surface area contributed by atoms with E-state index in [1.165, 1.54) is 11.8 Å². The molecule has 0 atom stereocenters.